The highest BCUT2D eigenvalue weighted by Gasteiger charge is 2.21. The number of sulfonamides is 1. The van der Waals surface area contributed by atoms with Crippen molar-refractivity contribution >= 4 is 10.0 Å². The standard InChI is InChI=1S/C15H18N2O3S/c1-20-11-12-21(18,19)17-15(13-7-3-2-4-8-13)14-9-5-6-10-16-14/h2-10,15,17H,11-12H2,1H3/t15-/m1/s1. The molecule has 0 saturated heterocycles. The highest BCUT2D eigenvalue weighted by Crippen LogP contribution is 2.20. The molecule has 1 aromatic heterocycles. The summed E-state index contributed by atoms with van der Waals surface area (Å²) in [6, 6.07) is 14.3. The zero-order valence-corrected chi connectivity index (χ0v) is 12.6. The van der Waals surface area contributed by atoms with E-state index in [1.807, 2.05) is 36.4 Å². The number of benzene rings is 1. The molecule has 1 aromatic carbocycles. The van der Waals surface area contributed by atoms with Crippen molar-refractivity contribution in [3.05, 3.63) is 66.0 Å². The van der Waals surface area contributed by atoms with Gasteiger partial charge in [0.1, 0.15) is 0 Å². The molecule has 0 fully saturated rings. The second-order valence-corrected chi connectivity index (χ2v) is 6.40. The fourth-order valence-corrected chi connectivity index (χ4v) is 3.04. The minimum Gasteiger partial charge on any atom is -0.384 e. The third-order valence-electron chi connectivity index (χ3n) is 2.97. The van der Waals surface area contributed by atoms with Crippen molar-refractivity contribution < 1.29 is 13.2 Å². The maximum absolute atomic E-state index is 12.1. The van der Waals surface area contributed by atoms with E-state index in [2.05, 4.69) is 9.71 Å². The number of hydrogen-bond acceptors (Lipinski definition) is 4. The Morgan fingerprint density at radius 1 is 1.14 bits per heavy atom. The Hall–Kier alpha value is -1.76. The van der Waals surface area contributed by atoms with Crippen LogP contribution in [-0.2, 0) is 14.8 Å². The molecule has 1 atom stereocenters. The van der Waals surface area contributed by atoms with Crippen LogP contribution >= 0.6 is 0 Å². The van der Waals surface area contributed by atoms with Crippen molar-refractivity contribution in [2.75, 3.05) is 19.5 Å². The van der Waals surface area contributed by atoms with Crippen LogP contribution in [0, 0.1) is 0 Å². The lowest BCUT2D eigenvalue weighted by Gasteiger charge is -2.18. The maximum atomic E-state index is 12.1. The summed E-state index contributed by atoms with van der Waals surface area (Å²) in [6.45, 7) is 0.152. The number of aromatic nitrogens is 1. The fraction of sp³-hybridized carbons (Fsp3) is 0.267. The van der Waals surface area contributed by atoms with E-state index < -0.39 is 16.1 Å². The largest absolute Gasteiger partial charge is 0.384 e. The van der Waals surface area contributed by atoms with Gasteiger partial charge < -0.3 is 4.74 Å². The zero-order chi connectivity index (χ0) is 15.1. The molecule has 21 heavy (non-hydrogen) atoms. The van der Waals surface area contributed by atoms with E-state index in [0.29, 0.717) is 5.69 Å². The molecular formula is C15H18N2O3S. The molecule has 0 bridgehead atoms. The summed E-state index contributed by atoms with van der Waals surface area (Å²) >= 11 is 0. The van der Waals surface area contributed by atoms with Crippen LogP contribution < -0.4 is 4.72 Å². The van der Waals surface area contributed by atoms with Gasteiger partial charge in [-0.2, -0.15) is 0 Å². The lowest BCUT2D eigenvalue weighted by Crippen LogP contribution is -2.33. The van der Waals surface area contributed by atoms with Gasteiger partial charge in [-0.3, -0.25) is 4.98 Å². The van der Waals surface area contributed by atoms with Crippen molar-refractivity contribution in [3.8, 4) is 0 Å². The number of rotatable bonds is 7. The van der Waals surface area contributed by atoms with Crippen LogP contribution in [-0.4, -0.2) is 32.9 Å². The molecule has 0 aliphatic carbocycles. The van der Waals surface area contributed by atoms with E-state index in [1.165, 1.54) is 7.11 Å². The van der Waals surface area contributed by atoms with Gasteiger partial charge in [-0.1, -0.05) is 36.4 Å². The summed E-state index contributed by atoms with van der Waals surface area (Å²) in [7, 11) is -1.98. The Labute approximate surface area is 125 Å². The molecule has 2 rings (SSSR count). The predicted octanol–water partition coefficient (Wildman–Crippen LogP) is 1.74. The van der Waals surface area contributed by atoms with Crippen molar-refractivity contribution in [1.82, 2.24) is 9.71 Å². The third-order valence-corrected chi connectivity index (χ3v) is 4.27. The molecule has 2 aromatic rings. The number of hydrogen-bond donors (Lipinski definition) is 1. The summed E-state index contributed by atoms with van der Waals surface area (Å²) in [5.74, 6) is -0.0837. The number of nitrogens with one attached hydrogen (secondary N) is 1. The average Bonchev–Trinajstić information content (AvgIpc) is 2.52. The van der Waals surface area contributed by atoms with Crippen LogP contribution in [0.15, 0.2) is 54.7 Å². The Balaban J connectivity index is 2.30. The Morgan fingerprint density at radius 2 is 1.86 bits per heavy atom. The first-order chi connectivity index (χ1) is 10.1. The first-order valence-corrected chi connectivity index (χ1v) is 8.22. The van der Waals surface area contributed by atoms with E-state index in [0.717, 1.165) is 5.56 Å². The number of methoxy groups -OCH3 is 1. The van der Waals surface area contributed by atoms with E-state index in [1.54, 1.807) is 18.3 Å². The molecule has 112 valence electrons. The predicted molar refractivity (Wildman–Crippen MR) is 81.3 cm³/mol. The Morgan fingerprint density at radius 3 is 2.48 bits per heavy atom. The molecule has 0 spiro atoms. The molecule has 0 unspecified atom stereocenters. The van der Waals surface area contributed by atoms with Crippen molar-refractivity contribution in [2.24, 2.45) is 0 Å². The van der Waals surface area contributed by atoms with Crippen molar-refractivity contribution in [3.63, 3.8) is 0 Å². The van der Waals surface area contributed by atoms with Crippen LogP contribution in [0.3, 0.4) is 0 Å². The number of pyridine rings is 1. The topological polar surface area (TPSA) is 68.3 Å². The monoisotopic (exact) mass is 306 g/mol. The van der Waals surface area contributed by atoms with Gasteiger partial charge in [-0.05, 0) is 17.7 Å². The molecule has 0 amide bonds. The van der Waals surface area contributed by atoms with E-state index in [-0.39, 0.29) is 12.4 Å². The molecule has 6 heteroatoms. The second kappa shape index (κ2) is 7.31. The molecule has 1 N–H and O–H groups in total. The smallest absolute Gasteiger partial charge is 0.214 e. The summed E-state index contributed by atoms with van der Waals surface area (Å²) in [4.78, 5) is 4.26. The Bertz CT molecular complexity index is 606. The molecular weight excluding hydrogens is 288 g/mol. The maximum Gasteiger partial charge on any atom is 0.214 e. The van der Waals surface area contributed by atoms with Crippen LogP contribution in [0.25, 0.3) is 0 Å². The molecule has 0 saturated carbocycles. The highest BCUT2D eigenvalue weighted by molar-refractivity contribution is 7.89. The zero-order valence-electron chi connectivity index (χ0n) is 11.8. The average molecular weight is 306 g/mol. The highest BCUT2D eigenvalue weighted by atomic mass is 32.2. The van der Waals surface area contributed by atoms with Crippen LogP contribution in [0.2, 0.25) is 0 Å². The van der Waals surface area contributed by atoms with Gasteiger partial charge in [0.05, 0.1) is 24.1 Å². The number of nitrogens with zero attached hydrogens (tertiary/aromatic N) is 1. The minimum atomic E-state index is -3.45. The van der Waals surface area contributed by atoms with Gasteiger partial charge in [0.15, 0.2) is 0 Å². The second-order valence-electron chi connectivity index (χ2n) is 4.53. The van der Waals surface area contributed by atoms with E-state index >= 15 is 0 Å². The van der Waals surface area contributed by atoms with Crippen LogP contribution in [0.5, 0.6) is 0 Å². The molecule has 1 heterocycles. The van der Waals surface area contributed by atoms with Crippen molar-refractivity contribution in [2.45, 2.75) is 6.04 Å². The van der Waals surface area contributed by atoms with Gasteiger partial charge in [0.2, 0.25) is 10.0 Å². The Kier molecular flexibility index (Phi) is 5.44. The van der Waals surface area contributed by atoms with Gasteiger partial charge in [0, 0.05) is 13.3 Å². The lowest BCUT2D eigenvalue weighted by atomic mass is 10.0. The SMILES string of the molecule is COCCS(=O)(=O)N[C@H](c1ccccc1)c1ccccn1. The molecule has 0 aliphatic heterocycles. The summed E-state index contributed by atoms with van der Waals surface area (Å²) in [5, 5.41) is 0. The number of ether oxygens (including phenoxy) is 1. The van der Waals surface area contributed by atoms with Gasteiger partial charge in [-0.25, -0.2) is 13.1 Å². The normalized spacial score (nSPS) is 13.0. The minimum absolute atomic E-state index is 0.0837. The van der Waals surface area contributed by atoms with E-state index in [4.69, 9.17) is 4.74 Å². The van der Waals surface area contributed by atoms with Gasteiger partial charge in [-0.15, -0.1) is 0 Å². The van der Waals surface area contributed by atoms with Crippen molar-refractivity contribution in [1.29, 1.82) is 0 Å². The summed E-state index contributed by atoms with van der Waals surface area (Å²) in [6.07, 6.45) is 1.65. The molecule has 0 aliphatic rings. The summed E-state index contributed by atoms with van der Waals surface area (Å²) in [5.41, 5.74) is 1.50. The molecule has 5 nitrogen and oxygen atoms in total. The quantitative estimate of drug-likeness (QED) is 0.846. The molecule has 0 radical (unpaired) electrons. The summed E-state index contributed by atoms with van der Waals surface area (Å²) < 4.78 is 31.8. The third kappa shape index (κ3) is 4.63. The first-order valence-electron chi connectivity index (χ1n) is 6.57. The van der Waals surface area contributed by atoms with Crippen LogP contribution in [0.4, 0.5) is 0 Å². The van der Waals surface area contributed by atoms with E-state index in [9.17, 15) is 8.42 Å². The van der Waals surface area contributed by atoms with Gasteiger partial charge >= 0.3 is 0 Å². The van der Waals surface area contributed by atoms with Crippen LogP contribution in [0.1, 0.15) is 17.3 Å². The fourth-order valence-electron chi connectivity index (χ4n) is 1.92. The first kappa shape index (κ1) is 15.6. The lowest BCUT2D eigenvalue weighted by molar-refractivity contribution is 0.217. The van der Waals surface area contributed by atoms with Gasteiger partial charge in [0.25, 0.3) is 0 Å².